The molecule has 0 unspecified atom stereocenters. The van der Waals surface area contributed by atoms with Crippen LogP contribution in [0.4, 0.5) is 4.79 Å². The molecule has 21 heavy (non-hydrogen) atoms. The molecule has 5 nitrogen and oxygen atoms in total. The van der Waals surface area contributed by atoms with Gasteiger partial charge in [-0.2, -0.15) is 0 Å². The topological polar surface area (TPSA) is 54.0 Å². The predicted octanol–water partition coefficient (Wildman–Crippen LogP) is 4.29. The molecule has 3 rings (SSSR count). The van der Waals surface area contributed by atoms with Gasteiger partial charge in [-0.15, -0.1) is 0 Å². The quantitative estimate of drug-likeness (QED) is 0.408. The summed E-state index contributed by atoms with van der Waals surface area (Å²) in [5, 5.41) is 0. The minimum Gasteiger partial charge on any atom is -0.449 e. The molecule has 0 N–H and O–H groups in total. The van der Waals surface area contributed by atoms with Crippen molar-refractivity contribution in [3.63, 3.8) is 0 Å². The third kappa shape index (κ3) is 2.67. The van der Waals surface area contributed by atoms with Gasteiger partial charge in [-0.1, -0.05) is 30.9 Å². The maximum atomic E-state index is 11.5. The Balaban J connectivity index is 1.86. The first kappa shape index (κ1) is 13.1. The first-order valence-corrected chi connectivity index (χ1v) is 6.31. The Morgan fingerprint density at radius 3 is 2.52 bits per heavy atom. The standard InChI is InChI=1S/C16H12O5/c1-2-10-18-16(17)21-14-9-5-8-13-15(14)20-12-7-4-3-6-11(12)19-13/h2-9H,1,10H2. The van der Waals surface area contributed by atoms with Crippen LogP contribution in [0.15, 0.2) is 55.1 Å². The van der Waals surface area contributed by atoms with E-state index in [4.69, 9.17) is 18.9 Å². The van der Waals surface area contributed by atoms with Crippen molar-refractivity contribution in [1.29, 1.82) is 0 Å². The molecule has 0 amide bonds. The summed E-state index contributed by atoms with van der Waals surface area (Å²) in [5.74, 6) is 2.21. The van der Waals surface area contributed by atoms with Crippen molar-refractivity contribution >= 4 is 6.16 Å². The van der Waals surface area contributed by atoms with Gasteiger partial charge in [0, 0.05) is 0 Å². The lowest BCUT2D eigenvalue weighted by Crippen LogP contribution is -2.11. The molecule has 0 aromatic heterocycles. The second kappa shape index (κ2) is 5.58. The van der Waals surface area contributed by atoms with Crippen molar-refractivity contribution in [2.45, 2.75) is 0 Å². The van der Waals surface area contributed by atoms with Crippen LogP contribution in [0.3, 0.4) is 0 Å². The predicted molar refractivity (Wildman–Crippen MR) is 75.2 cm³/mol. The Labute approximate surface area is 121 Å². The smallest absolute Gasteiger partial charge is 0.449 e. The Morgan fingerprint density at radius 1 is 1.05 bits per heavy atom. The summed E-state index contributed by atoms with van der Waals surface area (Å²) in [6.07, 6.45) is 0.628. The minimum atomic E-state index is -0.828. The van der Waals surface area contributed by atoms with E-state index in [-0.39, 0.29) is 12.4 Å². The SMILES string of the molecule is C=CCOC(=O)Oc1cccc2c1Oc1ccccc1O2. The van der Waals surface area contributed by atoms with Gasteiger partial charge in [-0.05, 0) is 24.3 Å². The number of benzene rings is 2. The van der Waals surface area contributed by atoms with Crippen LogP contribution in [0.25, 0.3) is 0 Å². The summed E-state index contributed by atoms with van der Waals surface area (Å²) in [6.45, 7) is 3.53. The molecule has 1 heterocycles. The zero-order valence-corrected chi connectivity index (χ0v) is 11.1. The zero-order valence-electron chi connectivity index (χ0n) is 11.1. The highest BCUT2D eigenvalue weighted by atomic mass is 16.7. The van der Waals surface area contributed by atoms with E-state index >= 15 is 0 Å². The Kier molecular flexibility index (Phi) is 3.47. The number of rotatable bonds is 3. The molecule has 0 saturated carbocycles. The highest BCUT2D eigenvalue weighted by Gasteiger charge is 2.23. The minimum absolute atomic E-state index is 0.0774. The van der Waals surface area contributed by atoms with E-state index < -0.39 is 6.16 Å². The van der Waals surface area contributed by atoms with Gasteiger partial charge in [0.25, 0.3) is 0 Å². The van der Waals surface area contributed by atoms with Gasteiger partial charge in [-0.25, -0.2) is 4.79 Å². The zero-order chi connectivity index (χ0) is 14.7. The monoisotopic (exact) mass is 284 g/mol. The van der Waals surface area contributed by atoms with Gasteiger partial charge in [0.2, 0.25) is 5.75 Å². The summed E-state index contributed by atoms with van der Waals surface area (Å²) in [5.41, 5.74) is 0. The first-order chi connectivity index (χ1) is 10.3. The van der Waals surface area contributed by atoms with E-state index in [0.717, 1.165) is 0 Å². The fourth-order valence-corrected chi connectivity index (χ4v) is 1.85. The van der Waals surface area contributed by atoms with E-state index in [0.29, 0.717) is 23.0 Å². The number of hydrogen-bond acceptors (Lipinski definition) is 5. The van der Waals surface area contributed by atoms with Crippen LogP contribution in [0, 0.1) is 0 Å². The number of hydrogen-bond donors (Lipinski definition) is 0. The average Bonchev–Trinajstić information content (AvgIpc) is 2.51. The van der Waals surface area contributed by atoms with Crippen LogP contribution >= 0.6 is 0 Å². The van der Waals surface area contributed by atoms with Crippen LogP contribution in [0.2, 0.25) is 0 Å². The molecular weight excluding hydrogens is 272 g/mol. The molecular formula is C16H12O5. The van der Waals surface area contributed by atoms with Crippen molar-refractivity contribution in [3.8, 4) is 28.7 Å². The van der Waals surface area contributed by atoms with Crippen LogP contribution in [-0.2, 0) is 4.74 Å². The summed E-state index contributed by atoms with van der Waals surface area (Å²) < 4.78 is 21.3. The normalized spacial score (nSPS) is 11.2. The Bertz CT molecular complexity index is 693. The summed E-state index contributed by atoms with van der Waals surface area (Å²) in [7, 11) is 0. The van der Waals surface area contributed by atoms with Gasteiger partial charge >= 0.3 is 6.16 Å². The van der Waals surface area contributed by atoms with E-state index in [9.17, 15) is 4.79 Å². The van der Waals surface area contributed by atoms with Crippen molar-refractivity contribution in [1.82, 2.24) is 0 Å². The average molecular weight is 284 g/mol. The van der Waals surface area contributed by atoms with E-state index in [1.807, 2.05) is 12.1 Å². The maximum absolute atomic E-state index is 11.5. The van der Waals surface area contributed by atoms with Crippen LogP contribution < -0.4 is 14.2 Å². The van der Waals surface area contributed by atoms with Crippen LogP contribution in [0.1, 0.15) is 0 Å². The fourth-order valence-electron chi connectivity index (χ4n) is 1.85. The largest absolute Gasteiger partial charge is 0.514 e. The molecule has 2 aromatic carbocycles. The molecule has 0 spiro atoms. The Morgan fingerprint density at radius 2 is 1.76 bits per heavy atom. The molecule has 5 heteroatoms. The lowest BCUT2D eigenvalue weighted by molar-refractivity contribution is 0.108. The lowest BCUT2D eigenvalue weighted by Gasteiger charge is -2.21. The van der Waals surface area contributed by atoms with Crippen molar-refractivity contribution in [2.24, 2.45) is 0 Å². The van der Waals surface area contributed by atoms with Crippen LogP contribution in [0.5, 0.6) is 28.7 Å². The maximum Gasteiger partial charge on any atom is 0.514 e. The fraction of sp³-hybridized carbons (Fsp3) is 0.0625. The van der Waals surface area contributed by atoms with Crippen molar-refractivity contribution in [3.05, 3.63) is 55.1 Å². The van der Waals surface area contributed by atoms with E-state index in [2.05, 4.69) is 6.58 Å². The molecule has 0 saturated heterocycles. The molecule has 106 valence electrons. The highest BCUT2D eigenvalue weighted by molar-refractivity contribution is 5.68. The van der Waals surface area contributed by atoms with Gasteiger partial charge in [0.1, 0.15) is 6.61 Å². The summed E-state index contributed by atoms with van der Waals surface area (Å²) >= 11 is 0. The van der Waals surface area contributed by atoms with Gasteiger partial charge < -0.3 is 18.9 Å². The van der Waals surface area contributed by atoms with Gasteiger partial charge in [0.15, 0.2) is 23.0 Å². The number of carbonyl (C=O) groups excluding carboxylic acids is 1. The number of ether oxygens (including phenoxy) is 4. The number of fused-ring (bicyclic) bond motifs is 2. The first-order valence-electron chi connectivity index (χ1n) is 6.31. The molecule has 0 fully saturated rings. The number of carbonyl (C=O) groups is 1. The second-order valence-electron chi connectivity index (χ2n) is 4.19. The van der Waals surface area contributed by atoms with Crippen molar-refractivity contribution in [2.75, 3.05) is 6.61 Å². The lowest BCUT2D eigenvalue weighted by atomic mass is 10.2. The third-order valence-electron chi connectivity index (χ3n) is 2.74. The second-order valence-corrected chi connectivity index (χ2v) is 4.19. The summed E-state index contributed by atoms with van der Waals surface area (Å²) in [6, 6.07) is 12.3. The van der Waals surface area contributed by atoms with E-state index in [1.54, 1.807) is 30.3 Å². The molecule has 0 atom stereocenters. The molecule has 2 aromatic rings. The van der Waals surface area contributed by atoms with Crippen molar-refractivity contribution < 1.29 is 23.7 Å². The third-order valence-corrected chi connectivity index (χ3v) is 2.74. The molecule has 0 radical (unpaired) electrons. The van der Waals surface area contributed by atoms with E-state index in [1.165, 1.54) is 6.08 Å². The molecule has 1 aliphatic rings. The summed E-state index contributed by atoms with van der Waals surface area (Å²) in [4.78, 5) is 11.5. The molecule has 0 bridgehead atoms. The molecule has 1 aliphatic heterocycles. The Hall–Kier alpha value is -2.95. The number of para-hydroxylation sites is 3. The highest BCUT2D eigenvalue weighted by Crippen LogP contribution is 2.49. The van der Waals surface area contributed by atoms with Crippen LogP contribution in [-0.4, -0.2) is 12.8 Å². The van der Waals surface area contributed by atoms with Gasteiger partial charge in [-0.3, -0.25) is 0 Å². The molecule has 0 aliphatic carbocycles. The van der Waals surface area contributed by atoms with Gasteiger partial charge in [0.05, 0.1) is 0 Å².